The van der Waals surface area contributed by atoms with E-state index in [1.807, 2.05) is 0 Å². The van der Waals surface area contributed by atoms with E-state index in [9.17, 15) is 14.4 Å². The Morgan fingerprint density at radius 1 is 1.14 bits per heavy atom. The minimum atomic E-state index is -0.576. The van der Waals surface area contributed by atoms with Crippen LogP contribution in [-0.4, -0.2) is 91.3 Å². The molecule has 36 heavy (non-hydrogen) atoms. The van der Waals surface area contributed by atoms with Gasteiger partial charge in [0.05, 0.1) is 17.2 Å². The fourth-order valence-electron chi connectivity index (χ4n) is 5.58. The number of nitrogen functional groups attached to an aromatic ring is 1. The molecule has 0 aliphatic carbocycles. The molecule has 3 atom stereocenters. The number of ether oxygens (including phenoxy) is 2. The number of amides is 1. The summed E-state index contributed by atoms with van der Waals surface area (Å²) in [7, 11) is 1.63. The number of hydrogen-bond acceptors (Lipinski definition) is 8. The lowest BCUT2D eigenvalue weighted by molar-refractivity contribution is -0.158. The highest BCUT2D eigenvalue weighted by molar-refractivity contribution is 6.33. The van der Waals surface area contributed by atoms with E-state index in [-0.39, 0.29) is 40.6 Å². The number of likely N-dealkylation sites (tertiary alicyclic amines) is 1. The van der Waals surface area contributed by atoms with Gasteiger partial charge in [-0.25, -0.2) is 0 Å². The molecule has 4 aliphatic heterocycles. The van der Waals surface area contributed by atoms with Crippen LogP contribution in [-0.2, 0) is 14.3 Å². The van der Waals surface area contributed by atoms with Crippen molar-refractivity contribution in [2.75, 3.05) is 52.1 Å². The van der Waals surface area contributed by atoms with Crippen LogP contribution >= 0.6 is 11.6 Å². The molecular formula is C25H38ClN5O5. The molecule has 4 saturated heterocycles. The maximum Gasteiger partial charge on any atom is 0.306 e. The van der Waals surface area contributed by atoms with Crippen LogP contribution in [0.25, 0.3) is 0 Å². The number of nitrogens with zero attached hydrogens (tertiary/aromatic N) is 2. The van der Waals surface area contributed by atoms with Gasteiger partial charge in [0.15, 0.2) is 0 Å². The first-order valence-electron chi connectivity index (χ1n) is 13.0. The number of aromatic nitrogens is 1. The summed E-state index contributed by atoms with van der Waals surface area (Å²) >= 11 is 5.96. The summed E-state index contributed by atoms with van der Waals surface area (Å²) in [6.07, 6.45) is 6.15. The van der Waals surface area contributed by atoms with Gasteiger partial charge in [-0.05, 0) is 63.7 Å². The third kappa shape index (κ3) is 6.79. The number of esters is 1. The van der Waals surface area contributed by atoms with Gasteiger partial charge >= 0.3 is 5.97 Å². The molecular weight excluding hydrogens is 486 g/mol. The molecule has 1 aromatic rings. The molecule has 0 radical (unpaired) electrons. The molecule has 10 nitrogen and oxygen atoms in total. The molecule has 11 heteroatoms. The standard InChI is InChI=1S/C25H38ClN5O5/c1-35-21-15-30(12-8-19(21)28-24(33)17-13-18(26)23(27)29-25(17)34)9-4-2-3-5-22(32)36-20-14-31-10-6-16(20)7-11-31/h13,16,19-21H,2-12,14-15H2,1H3,(H,28,33)(H3,27,29,34)/t19-,20+,21+/m1/s1. The van der Waals surface area contributed by atoms with Crippen LogP contribution in [0.2, 0.25) is 5.02 Å². The van der Waals surface area contributed by atoms with Gasteiger partial charge in [0, 0.05) is 33.2 Å². The van der Waals surface area contributed by atoms with Crippen LogP contribution in [0.5, 0.6) is 0 Å². The first kappa shape index (κ1) is 26.9. The van der Waals surface area contributed by atoms with Crippen LogP contribution in [0.1, 0.15) is 55.3 Å². The van der Waals surface area contributed by atoms with Crippen molar-refractivity contribution < 1.29 is 19.1 Å². The fraction of sp³-hybridized carbons (Fsp3) is 0.720. The van der Waals surface area contributed by atoms with Crippen molar-refractivity contribution in [3.05, 3.63) is 27.0 Å². The zero-order valence-electron chi connectivity index (χ0n) is 21.0. The number of aromatic amines is 1. The van der Waals surface area contributed by atoms with Gasteiger partial charge in [0.1, 0.15) is 17.5 Å². The number of anilines is 1. The van der Waals surface area contributed by atoms with E-state index in [4.69, 9.17) is 26.8 Å². The zero-order valence-corrected chi connectivity index (χ0v) is 21.7. The molecule has 2 bridgehead atoms. The molecule has 0 saturated carbocycles. The molecule has 5 rings (SSSR count). The Morgan fingerprint density at radius 3 is 2.61 bits per heavy atom. The van der Waals surface area contributed by atoms with E-state index < -0.39 is 11.5 Å². The lowest BCUT2D eigenvalue weighted by Crippen LogP contribution is -2.55. The number of H-pyrrole nitrogens is 1. The molecule has 0 spiro atoms. The van der Waals surface area contributed by atoms with Crippen molar-refractivity contribution in [3.63, 3.8) is 0 Å². The van der Waals surface area contributed by atoms with Crippen molar-refractivity contribution in [2.24, 2.45) is 5.92 Å². The van der Waals surface area contributed by atoms with Gasteiger partial charge in [-0.1, -0.05) is 18.0 Å². The van der Waals surface area contributed by atoms with Crippen molar-refractivity contribution in [3.8, 4) is 0 Å². The summed E-state index contributed by atoms with van der Waals surface area (Å²) in [4.78, 5) is 44.1. The molecule has 1 aromatic heterocycles. The maximum absolute atomic E-state index is 12.7. The Morgan fingerprint density at radius 2 is 1.92 bits per heavy atom. The molecule has 4 aliphatic rings. The number of carbonyl (C=O) groups is 2. The second-order valence-electron chi connectivity index (χ2n) is 10.2. The normalized spacial score (nSPS) is 28.1. The smallest absolute Gasteiger partial charge is 0.306 e. The number of methoxy groups -OCH3 is 1. The second kappa shape index (κ2) is 12.4. The largest absolute Gasteiger partial charge is 0.461 e. The third-order valence-electron chi connectivity index (χ3n) is 7.76. The lowest BCUT2D eigenvalue weighted by Gasteiger charge is -2.43. The van der Waals surface area contributed by atoms with Crippen molar-refractivity contribution in [1.29, 1.82) is 0 Å². The number of fused-ring (bicyclic) bond motifs is 3. The maximum atomic E-state index is 12.7. The quantitative estimate of drug-likeness (QED) is 0.311. The minimum absolute atomic E-state index is 0.0346. The van der Waals surface area contributed by atoms with Crippen LogP contribution < -0.4 is 16.6 Å². The molecule has 5 heterocycles. The van der Waals surface area contributed by atoms with Crippen LogP contribution in [0.4, 0.5) is 5.82 Å². The van der Waals surface area contributed by atoms with E-state index in [1.165, 1.54) is 6.07 Å². The van der Waals surface area contributed by atoms with Gasteiger partial charge in [0.25, 0.3) is 11.5 Å². The van der Waals surface area contributed by atoms with E-state index >= 15 is 0 Å². The summed E-state index contributed by atoms with van der Waals surface area (Å²) in [5.74, 6) is 0.0209. The number of nitrogens with one attached hydrogen (secondary N) is 2. The Labute approximate surface area is 216 Å². The zero-order chi connectivity index (χ0) is 25.7. The highest BCUT2D eigenvalue weighted by Crippen LogP contribution is 2.29. The number of unbranched alkanes of at least 4 members (excludes halogenated alkanes) is 2. The van der Waals surface area contributed by atoms with Crippen molar-refractivity contribution in [1.82, 2.24) is 20.1 Å². The van der Waals surface area contributed by atoms with Gasteiger partial charge in [0.2, 0.25) is 0 Å². The molecule has 1 amide bonds. The number of piperidine rings is 4. The molecule has 0 aromatic carbocycles. The predicted molar refractivity (Wildman–Crippen MR) is 137 cm³/mol. The SMILES string of the molecule is CO[C@H]1CN(CCCCCC(=O)O[C@H]2CN3CCC2CC3)CC[C@H]1NC(=O)c1cc(Cl)c(N)[nH]c1=O. The fourth-order valence-corrected chi connectivity index (χ4v) is 5.73. The predicted octanol–water partition coefficient (Wildman–Crippen LogP) is 1.63. The number of pyridine rings is 1. The van der Waals surface area contributed by atoms with E-state index in [1.54, 1.807) is 7.11 Å². The second-order valence-corrected chi connectivity index (χ2v) is 10.6. The first-order chi connectivity index (χ1) is 17.3. The summed E-state index contributed by atoms with van der Waals surface area (Å²) in [5, 5.41) is 3.04. The van der Waals surface area contributed by atoms with Crippen molar-refractivity contribution in [2.45, 2.75) is 63.2 Å². The van der Waals surface area contributed by atoms with E-state index in [2.05, 4.69) is 20.1 Å². The lowest BCUT2D eigenvalue weighted by atomic mass is 9.86. The summed E-state index contributed by atoms with van der Waals surface area (Å²) in [6.45, 7) is 5.58. The minimum Gasteiger partial charge on any atom is -0.461 e. The molecule has 4 fully saturated rings. The molecule has 4 N–H and O–H groups in total. The number of halogens is 1. The van der Waals surface area contributed by atoms with Crippen molar-refractivity contribution >= 4 is 29.3 Å². The number of nitrogens with two attached hydrogens (primary N) is 1. The number of rotatable bonds is 10. The topological polar surface area (TPSA) is 130 Å². The van der Waals surface area contributed by atoms with E-state index in [0.29, 0.717) is 25.3 Å². The van der Waals surface area contributed by atoms with Gasteiger partial charge < -0.3 is 30.4 Å². The summed E-state index contributed by atoms with van der Waals surface area (Å²) < 4.78 is 11.4. The van der Waals surface area contributed by atoms with Crippen LogP contribution in [0.3, 0.4) is 0 Å². The Hall–Kier alpha value is -2.14. The molecule has 200 valence electrons. The summed E-state index contributed by atoms with van der Waals surface area (Å²) in [5.41, 5.74) is 4.94. The average molecular weight is 524 g/mol. The Balaban J connectivity index is 1.14. The van der Waals surface area contributed by atoms with Gasteiger partial charge in [-0.15, -0.1) is 0 Å². The van der Waals surface area contributed by atoms with Gasteiger partial charge in [-0.2, -0.15) is 0 Å². The number of hydrogen-bond donors (Lipinski definition) is 3. The monoisotopic (exact) mass is 523 g/mol. The summed E-state index contributed by atoms with van der Waals surface area (Å²) in [6, 6.07) is 1.07. The van der Waals surface area contributed by atoms with Crippen LogP contribution in [0.15, 0.2) is 10.9 Å². The first-order valence-corrected chi connectivity index (χ1v) is 13.4. The van der Waals surface area contributed by atoms with Crippen LogP contribution in [0, 0.1) is 5.92 Å². The highest BCUT2D eigenvalue weighted by Gasteiger charge is 2.36. The third-order valence-corrected chi connectivity index (χ3v) is 8.08. The van der Waals surface area contributed by atoms with Gasteiger partial charge in [-0.3, -0.25) is 19.3 Å². The average Bonchev–Trinajstić information content (AvgIpc) is 2.87. The molecule has 0 unspecified atom stereocenters. The number of carbonyl (C=O) groups excluding carboxylic acids is 2. The Kier molecular flexibility index (Phi) is 9.27. The highest BCUT2D eigenvalue weighted by atomic mass is 35.5. The van der Waals surface area contributed by atoms with E-state index in [0.717, 1.165) is 64.8 Å². The Bertz CT molecular complexity index is 980.